The molecule has 0 unspecified atom stereocenters. The fraction of sp³-hybridized carbons (Fsp3) is 0.421. The second-order valence-corrected chi connectivity index (χ2v) is 6.19. The lowest BCUT2D eigenvalue weighted by atomic mass is 10.2. The predicted molar refractivity (Wildman–Crippen MR) is 99.2 cm³/mol. The van der Waals surface area contributed by atoms with E-state index in [-0.39, 0.29) is 5.91 Å². The third-order valence-corrected chi connectivity index (χ3v) is 4.42. The minimum absolute atomic E-state index is 0.0444. The summed E-state index contributed by atoms with van der Waals surface area (Å²) in [5, 5.41) is 3.15. The molecule has 3 rings (SSSR count). The summed E-state index contributed by atoms with van der Waals surface area (Å²) in [7, 11) is 3.18. The molecular formula is C19H24N4O3. The van der Waals surface area contributed by atoms with Crippen molar-refractivity contribution in [2.75, 3.05) is 32.6 Å². The van der Waals surface area contributed by atoms with Gasteiger partial charge >= 0.3 is 0 Å². The third-order valence-electron chi connectivity index (χ3n) is 4.42. The third kappa shape index (κ3) is 4.22. The maximum absolute atomic E-state index is 12.5. The van der Waals surface area contributed by atoms with E-state index in [1.54, 1.807) is 20.4 Å². The molecule has 1 amide bonds. The highest BCUT2D eigenvalue weighted by Gasteiger charge is 2.18. The van der Waals surface area contributed by atoms with Crippen molar-refractivity contribution in [2.45, 2.75) is 25.7 Å². The van der Waals surface area contributed by atoms with Crippen molar-refractivity contribution in [3.63, 3.8) is 0 Å². The zero-order valence-electron chi connectivity index (χ0n) is 15.2. The summed E-state index contributed by atoms with van der Waals surface area (Å²) < 4.78 is 10.5. The van der Waals surface area contributed by atoms with Crippen LogP contribution in [0.1, 0.15) is 36.2 Å². The number of likely N-dealkylation sites (tertiary alicyclic amines) is 1. The lowest BCUT2D eigenvalue weighted by Crippen LogP contribution is -2.32. The molecule has 2 heterocycles. The van der Waals surface area contributed by atoms with Gasteiger partial charge in [-0.2, -0.15) is 0 Å². The Labute approximate surface area is 153 Å². The van der Waals surface area contributed by atoms with Gasteiger partial charge in [0.05, 0.1) is 26.6 Å². The first kappa shape index (κ1) is 18.0. The first-order valence-corrected chi connectivity index (χ1v) is 8.81. The number of rotatable bonds is 5. The van der Waals surface area contributed by atoms with Gasteiger partial charge in [0.15, 0.2) is 11.5 Å². The Bertz CT molecular complexity index is 741. The standard InChI is InChI=1S/C19H24N4O3/c1-25-16-8-7-14(11-17(16)26-2)22-18-13-20-15(12-21-18)19(24)23-9-5-3-4-6-10-23/h7-8,11-13H,3-6,9-10H2,1-2H3,(H,21,22). The molecule has 138 valence electrons. The molecule has 1 aliphatic rings. The normalized spacial score (nSPS) is 14.5. The number of ether oxygens (including phenoxy) is 2. The van der Waals surface area contributed by atoms with Gasteiger partial charge in [0.25, 0.3) is 5.91 Å². The molecule has 1 aromatic heterocycles. The minimum Gasteiger partial charge on any atom is -0.493 e. The highest BCUT2D eigenvalue weighted by Crippen LogP contribution is 2.30. The Morgan fingerprint density at radius 1 is 1.00 bits per heavy atom. The molecule has 2 aromatic rings. The Hall–Kier alpha value is -2.83. The molecule has 0 bridgehead atoms. The summed E-state index contributed by atoms with van der Waals surface area (Å²) in [6, 6.07) is 5.49. The number of amides is 1. The number of nitrogens with zero attached hydrogens (tertiary/aromatic N) is 3. The maximum atomic E-state index is 12.5. The van der Waals surface area contributed by atoms with E-state index in [2.05, 4.69) is 15.3 Å². The van der Waals surface area contributed by atoms with E-state index in [4.69, 9.17) is 9.47 Å². The van der Waals surface area contributed by atoms with Crippen LogP contribution in [-0.2, 0) is 0 Å². The minimum atomic E-state index is -0.0444. The van der Waals surface area contributed by atoms with Crippen molar-refractivity contribution in [3.8, 4) is 11.5 Å². The van der Waals surface area contributed by atoms with E-state index in [1.807, 2.05) is 23.1 Å². The molecule has 1 fully saturated rings. The number of benzene rings is 1. The van der Waals surface area contributed by atoms with E-state index < -0.39 is 0 Å². The van der Waals surface area contributed by atoms with Crippen LogP contribution in [0.25, 0.3) is 0 Å². The van der Waals surface area contributed by atoms with Crippen molar-refractivity contribution in [2.24, 2.45) is 0 Å². The largest absolute Gasteiger partial charge is 0.493 e. The predicted octanol–water partition coefficient (Wildman–Crippen LogP) is 3.25. The van der Waals surface area contributed by atoms with Crippen molar-refractivity contribution in [1.29, 1.82) is 0 Å². The van der Waals surface area contributed by atoms with Gasteiger partial charge in [-0.1, -0.05) is 12.8 Å². The first-order valence-electron chi connectivity index (χ1n) is 8.81. The zero-order chi connectivity index (χ0) is 18.4. The number of methoxy groups -OCH3 is 2. The van der Waals surface area contributed by atoms with Crippen LogP contribution in [0.3, 0.4) is 0 Å². The molecule has 26 heavy (non-hydrogen) atoms. The number of anilines is 2. The van der Waals surface area contributed by atoms with Crippen LogP contribution in [0.2, 0.25) is 0 Å². The molecule has 0 radical (unpaired) electrons. The zero-order valence-corrected chi connectivity index (χ0v) is 15.2. The van der Waals surface area contributed by atoms with Crippen molar-refractivity contribution < 1.29 is 14.3 Å². The van der Waals surface area contributed by atoms with Gasteiger partial charge < -0.3 is 19.7 Å². The molecular weight excluding hydrogens is 332 g/mol. The van der Waals surface area contributed by atoms with Gasteiger partial charge in [0.1, 0.15) is 11.5 Å². The van der Waals surface area contributed by atoms with Crippen LogP contribution in [0, 0.1) is 0 Å². The smallest absolute Gasteiger partial charge is 0.274 e. The Balaban J connectivity index is 1.68. The number of carbonyl (C=O) groups is 1. The molecule has 1 aromatic carbocycles. The average Bonchev–Trinajstić information content (AvgIpc) is 2.97. The molecule has 0 aliphatic carbocycles. The quantitative estimate of drug-likeness (QED) is 0.886. The van der Waals surface area contributed by atoms with Crippen molar-refractivity contribution in [1.82, 2.24) is 14.9 Å². The Kier molecular flexibility index (Phi) is 5.88. The van der Waals surface area contributed by atoms with Crippen LogP contribution in [-0.4, -0.2) is 48.1 Å². The lowest BCUT2D eigenvalue weighted by Gasteiger charge is -2.19. The number of hydrogen-bond donors (Lipinski definition) is 1. The summed E-state index contributed by atoms with van der Waals surface area (Å²) in [6.07, 6.45) is 7.57. The second-order valence-electron chi connectivity index (χ2n) is 6.19. The summed E-state index contributed by atoms with van der Waals surface area (Å²) in [5.41, 5.74) is 1.17. The summed E-state index contributed by atoms with van der Waals surface area (Å²) in [6.45, 7) is 1.60. The van der Waals surface area contributed by atoms with Gasteiger partial charge in [-0.25, -0.2) is 9.97 Å². The molecule has 7 nitrogen and oxygen atoms in total. The Morgan fingerprint density at radius 3 is 2.35 bits per heavy atom. The average molecular weight is 356 g/mol. The van der Waals surface area contributed by atoms with Gasteiger partial charge in [-0.05, 0) is 25.0 Å². The van der Waals surface area contributed by atoms with E-state index in [9.17, 15) is 4.79 Å². The van der Waals surface area contributed by atoms with Crippen LogP contribution >= 0.6 is 0 Å². The maximum Gasteiger partial charge on any atom is 0.274 e. The molecule has 1 N–H and O–H groups in total. The fourth-order valence-electron chi connectivity index (χ4n) is 3.00. The lowest BCUT2D eigenvalue weighted by molar-refractivity contribution is 0.0755. The number of hydrogen-bond acceptors (Lipinski definition) is 6. The molecule has 0 saturated carbocycles. The van der Waals surface area contributed by atoms with Crippen molar-refractivity contribution in [3.05, 3.63) is 36.3 Å². The Morgan fingerprint density at radius 2 is 1.73 bits per heavy atom. The van der Waals surface area contributed by atoms with Crippen LogP contribution in [0.15, 0.2) is 30.6 Å². The number of aromatic nitrogens is 2. The van der Waals surface area contributed by atoms with Crippen LogP contribution in [0.4, 0.5) is 11.5 Å². The van der Waals surface area contributed by atoms with E-state index in [0.29, 0.717) is 23.0 Å². The number of carbonyl (C=O) groups excluding carboxylic acids is 1. The van der Waals surface area contributed by atoms with Crippen LogP contribution in [0.5, 0.6) is 11.5 Å². The summed E-state index contributed by atoms with van der Waals surface area (Å²) in [5.74, 6) is 1.79. The number of nitrogens with one attached hydrogen (secondary N) is 1. The van der Waals surface area contributed by atoms with Gasteiger partial charge in [-0.3, -0.25) is 4.79 Å². The van der Waals surface area contributed by atoms with Gasteiger partial charge in [-0.15, -0.1) is 0 Å². The monoisotopic (exact) mass is 356 g/mol. The van der Waals surface area contributed by atoms with E-state index >= 15 is 0 Å². The van der Waals surface area contributed by atoms with E-state index in [0.717, 1.165) is 31.6 Å². The fourth-order valence-corrected chi connectivity index (χ4v) is 3.00. The SMILES string of the molecule is COc1ccc(Nc2cnc(C(=O)N3CCCCCC3)cn2)cc1OC. The molecule has 1 saturated heterocycles. The van der Waals surface area contributed by atoms with Crippen LogP contribution < -0.4 is 14.8 Å². The first-order chi connectivity index (χ1) is 12.7. The topological polar surface area (TPSA) is 76.6 Å². The summed E-state index contributed by atoms with van der Waals surface area (Å²) >= 11 is 0. The molecule has 7 heteroatoms. The van der Waals surface area contributed by atoms with Crippen molar-refractivity contribution >= 4 is 17.4 Å². The van der Waals surface area contributed by atoms with Gasteiger partial charge in [0, 0.05) is 24.8 Å². The van der Waals surface area contributed by atoms with E-state index in [1.165, 1.54) is 19.0 Å². The van der Waals surface area contributed by atoms with Gasteiger partial charge in [0.2, 0.25) is 0 Å². The second kappa shape index (κ2) is 8.51. The highest BCUT2D eigenvalue weighted by molar-refractivity contribution is 5.92. The summed E-state index contributed by atoms with van der Waals surface area (Å²) in [4.78, 5) is 23.0. The molecule has 1 aliphatic heterocycles. The molecule has 0 spiro atoms. The molecule has 0 atom stereocenters. The highest BCUT2D eigenvalue weighted by atomic mass is 16.5.